The van der Waals surface area contributed by atoms with Crippen molar-refractivity contribution in [2.24, 2.45) is 7.05 Å². The molecule has 8 nitrogen and oxygen atoms in total. The Bertz CT molecular complexity index is 889. The van der Waals surface area contributed by atoms with Crippen molar-refractivity contribution in [3.05, 3.63) is 29.2 Å². The Morgan fingerprint density at radius 3 is 2.28 bits per heavy atom. The molecular formula is C16H23N5O3S. The highest BCUT2D eigenvalue weighted by molar-refractivity contribution is 7.89. The molecule has 0 radical (unpaired) electrons. The fraction of sp³-hybridized carbons (Fsp3) is 0.562. The highest BCUT2D eigenvalue weighted by Crippen LogP contribution is 2.23. The van der Waals surface area contributed by atoms with Crippen LogP contribution in [0.2, 0.25) is 0 Å². The summed E-state index contributed by atoms with van der Waals surface area (Å²) in [6, 6.07) is 1.78. The van der Waals surface area contributed by atoms with Gasteiger partial charge in [0.2, 0.25) is 5.03 Å². The molecule has 0 amide bonds. The fourth-order valence-corrected chi connectivity index (χ4v) is 4.79. The largest absolute Gasteiger partial charge is 0.283 e. The summed E-state index contributed by atoms with van der Waals surface area (Å²) >= 11 is 0. The van der Waals surface area contributed by atoms with Crippen LogP contribution in [0.5, 0.6) is 0 Å². The lowest BCUT2D eigenvalue weighted by Gasteiger charge is -2.19. The second-order valence-electron chi connectivity index (χ2n) is 6.48. The molecule has 136 valence electrons. The SMILES string of the molecule is Cc1cc(C)n(C(=O)c2cn(C)nc2S(=O)(=O)N2CCCCCC2)n1. The zero-order valence-corrected chi connectivity index (χ0v) is 15.6. The van der Waals surface area contributed by atoms with Crippen molar-refractivity contribution in [2.45, 2.75) is 44.6 Å². The van der Waals surface area contributed by atoms with Gasteiger partial charge in [-0.05, 0) is 32.8 Å². The number of aryl methyl sites for hydroxylation is 3. The Morgan fingerprint density at radius 1 is 1.08 bits per heavy atom. The first-order valence-electron chi connectivity index (χ1n) is 8.42. The minimum absolute atomic E-state index is 0.0537. The lowest BCUT2D eigenvalue weighted by Crippen LogP contribution is -2.33. The van der Waals surface area contributed by atoms with Gasteiger partial charge in [0.25, 0.3) is 15.9 Å². The average Bonchev–Trinajstić information content (AvgIpc) is 2.97. The summed E-state index contributed by atoms with van der Waals surface area (Å²) in [5, 5.41) is 8.08. The van der Waals surface area contributed by atoms with E-state index in [2.05, 4.69) is 10.2 Å². The molecule has 1 aliphatic heterocycles. The van der Waals surface area contributed by atoms with Crippen LogP contribution in [0.3, 0.4) is 0 Å². The second-order valence-corrected chi connectivity index (χ2v) is 8.34. The van der Waals surface area contributed by atoms with Gasteiger partial charge in [-0.3, -0.25) is 9.48 Å². The molecule has 0 bridgehead atoms. The van der Waals surface area contributed by atoms with E-state index in [1.807, 2.05) is 0 Å². The highest BCUT2D eigenvalue weighted by Gasteiger charge is 2.33. The smallest absolute Gasteiger partial charge is 0.274 e. The maximum Gasteiger partial charge on any atom is 0.283 e. The number of nitrogens with zero attached hydrogens (tertiary/aromatic N) is 5. The Hall–Kier alpha value is -2.00. The zero-order valence-electron chi connectivity index (χ0n) is 14.8. The number of carbonyl (C=O) groups is 1. The Morgan fingerprint density at radius 2 is 1.72 bits per heavy atom. The van der Waals surface area contributed by atoms with Gasteiger partial charge in [-0.15, -0.1) is 0 Å². The van der Waals surface area contributed by atoms with Gasteiger partial charge < -0.3 is 0 Å². The van der Waals surface area contributed by atoms with E-state index in [0.29, 0.717) is 24.5 Å². The third kappa shape index (κ3) is 3.38. The molecule has 1 fully saturated rings. The standard InChI is InChI=1S/C16H23N5O3S/c1-12-10-13(2)21(17-12)16(22)14-11-19(3)18-15(14)25(23,24)20-8-6-4-5-7-9-20/h10-11H,4-9H2,1-3H3. The number of sulfonamides is 1. The summed E-state index contributed by atoms with van der Waals surface area (Å²) in [5.74, 6) is -0.480. The molecule has 3 rings (SSSR count). The Balaban J connectivity index is 2.03. The molecule has 1 saturated heterocycles. The molecule has 3 heterocycles. The molecule has 2 aromatic rings. The van der Waals surface area contributed by atoms with E-state index in [-0.39, 0.29) is 10.6 Å². The lowest BCUT2D eigenvalue weighted by atomic mass is 10.2. The van der Waals surface area contributed by atoms with Crippen LogP contribution in [0.4, 0.5) is 0 Å². The van der Waals surface area contributed by atoms with Gasteiger partial charge >= 0.3 is 0 Å². The van der Waals surface area contributed by atoms with Crippen LogP contribution in [0, 0.1) is 13.8 Å². The van der Waals surface area contributed by atoms with Crippen LogP contribution in [-0.2, 0) is 17.1 Å². The van der Waals surface area contributed by atoms with E-state index in [0.717, 1.165) is 25.7 Å². The molecule has 0 atom stereocenters. The Kier molecular flexibility index (Phi) is 4.79. The van der Waals surface area contributed by atoms with E-state index in [9.17, 15) is 13.2 Å². The highest BCUT2D eigenvalue weighted by atomic mass is 32.2. The van der Waals surface area contributed by atoms with Crippen LogP contribution < -0.4 is 0 Å². The molecule has 0 aliphatic carbocycles. The fourth-order valence-electron chi connectivity index (χ4n) is 3.16. The van der Waals surface area contributed by atoms with Gasteiger partial charge in [0, 0.05) is 32.0 Å². The summed E-state index contributed by atoms with van der Waals surface area (Å²) in [6.07, 6.45) is 5.14. The van der Waals surface area contributed by atoms with Crippen molar-refractivity contribution in [3.8, 4) is 0 Å². The first-order valence-corrected chi connectivity index (χ1v) is 9.86. The van der Waals surface area contributed by atoms with E-state index in [1.165, 1.54) is 19.9 Å². The first kappa shape index (κ1) is 17.8. The van der Waals surface area contributed by atoms with Gasteiger partial charge in [0.15, 0.2) is 0 Å². The van der Waals surface area contributed by atoms with Crippen LogP contribution in [0.25, 0.3) is 0 Å². The quantitative estimate of drug-likeness (QED) is 0.822. The van der Waals surface area contributed by atoms with Gasteiger partial charge in [-0.2, -0.15) is 14.5 Å². The molecule has 9 heteroatoms. The van der Waals surface area contributed by atoms with E-state index < -0.39 is 15.9 Å². The molecule has 0 saturated carbocycles. The first-order chi connectivity index (χ1) is 11.8. The van der Waals surface area contributed by atoms with E-state index in [4.69, 9.17) is 0 Å². The number of aromatic nitrogens is 4. The van der Waals surface area contributed by atoms with Crippen LogP contribution in [0.1, 0.15) is 47.4 Å². The minimum Gasteiger partial charge on any atom is -0.274 e. The minimum atomic E-state index is -3.81. The van der Waals surface area contributed by atoms with Crippen LogP contribution in [0.15, 0.2) is 17.3 Å². The molecule has 2 aromatic heterocycles. The summed E-state index contributed by atoms with van der Waals surface area (Å²) in [7, 11) is -2.20. The summed E-state index contributed by atoms with van der Waals surface area (Å²) in [5.41, 5.74) is 1.41. The number of hydrogen-bond donors (Lipinski definition) is 0. The van der Waals surface area contributed by atoms with Crippen LogP contribution >= 0.6 is 0 Å². The van der Waals surface area contributed by atoms with Crippen LogP contribution in [-0.4, -0.2) is 51.3 Å². The number of rotatable bonds is 3. The summed E-state index contributed by atoms with van der Waals surface area (Å²) < 4.78 is 30.2. The molecule has 0 N–H and O–H groups in total. The lowest BCUT2D eigenvalue weighted by molar-refractivity contribution is 0.0938. The molecule has 0 aromatic carbocycles. The summed E-state index contributed by atoms with van der Waals surface area (Å²) in [6.45, 7) is 4.48. The molecule has 25 heavy (non-hydrogen) atoms. The third-order valence-electron chi connectivity index (χ3n) is 4.38. The van der Waals surface area contributed by atoms with Crippen molar-refractivity contribution in [2.75, 3.05) is 13.1 Å². The van der Waals surface area contributed by atoms with Gasteiger partial charge in [0.1, 0.15) is 5.56 Å². The monoisotopic (exact) mass is 365 g/mol. The molecule has 0 spiro atoms. The maximum absolute atomic E-state index is 13.1. The van der Waals surface area contributed by atoms with E-state index in [1.54, 1.807) is 27.0 Å². The molecule has 0 unspecified atom stereocenters. The van der Waals surface area contributed by atoms with Gasteiger partial charge in [0.05, 0.1) is 5.69 Å². The predicted octanol–water partition coefficient (Wildman–Crippen LogP) is 1.49. The molecule has 1 aliphatic rings. The van der Waals surface area contributed by atoms with Crippen molar-refractivity contribution < 1.29 is 13.2 Å². The molecular weight excluding hydrogens is 342 g/mol. The van der Waals surface area contributed by atoms with Crippen molar-refractivity contribution in [1.82, 2.24) is 23.9 Å². The number of carbonyl (C=O) groups excluding carboxylic acids is 1. The predicted molar refractivity (Wildman–Crippen MR) is 91.9 cm³/mol. The van der Waals surface area contributed by atoms with E-state index >= 15 is 0 Å². The average molecular weight is 365 g/mol. The van der Waals surface area contributed by atoms with Crippen molar-refractivity contribution in [3.63, 3.8) is 0 Å². The normalized spacial score (nSPS) is 16.8. The maximum atomic E-state index is 13.1. The summed E-state index contributed by atoms with van der Waals surface area (Å²) in [4.78, 5) is 12.9. The topological polar surface area (TPSA) is 90.1 Å². The Labute approximate surface area is 147 Å². The van der Waals surface area contributed by atoms with Gasteiger partial charge in [-0.1, -0.05) is 12.8 Å². The third-order valence-corrected chi connectivity index (χ3v) is 6.21. The van der Waals surface area contributed by atoms with Gasteiger partial charge in [-0.25, -0.2) is 13.1 Å². The second kappa shape index (κ2) is 6.72. The number of hydrogen-bond acceptors (Lipinski definition) is 5. The van der Waals surface area contributed by atoms with Crippen molar-refractivity contribution >= 4 is 15.9 Å². The zero-order chi connectivity index (χ0) is 18.2. The van der Waals surface area contributed by atoms with Crippen molar-refractivity contribution in [1.29, 1.82) is 0 Å².